The van der Waals surface area contributed by atoms with E-state index in [1.165, 1.54) is 11.8 Å². The number of amides is 1. The van der Waals surface area contributed by atoms with Crippen LogP contribution in [0.1, 0.15) is 22.8 Å². The number of carbonyl (C=O) groups excluding carboxylic acids is 1. The zero-order valence-electron chi connectivity index (χ0n) is 12.1. The maximum atomic E-state index is 12.7. The Morgan fingerprint density at radius 2 is 1.68 bits per heavy atom. The fraction of sp³-hybridized carbons (Fsp3) is 0.176. The lowest BCUT2D eigenvalue weighted by Crippen LogP contribution is -2.42. The van der Waals surface area contributed by atoms with Crippen LogP contribution in [0.2, 0.25) is 0 Å². The number of aliphatic carboxylic acids is 1. The molecule has 0 bridgehead atoms. The molecule has 0 aliphatic carbocycles. The molecular weight excluding hydrogens is 346 g/mol. The number of carboxylic acids is 1. The van der Waals surface area contributed by atoms with Crippen LogP contribution < -0.4 is 0 Å². The van der Waals surface area contributed by atoms with E-state index >= 15 is 0 Å². The van der Waals surface area contributed by atoms with Crippen molar-refractivity contribution in [1.82, 2.24) is 4.90 Å². The Kier molecular flexibility index (Phi) is 5.33. The minimum Gasteiger partial charge on any atom is -0.480 e. The molecule has 1 N–H and O–H groups in total. The molecule has 1 atom stereocenters. The molecule has 2 aromatic rings. The van der Waals surface area contributed by atoms with Crippen molar-refractivity contribution in [2.24, 2.45) is 0 Å². The van der Waals surface area contributed by atoms with Gasteiger partial charge in [-0.2, -0.15) is 0 Å². The van der Waals surface area contributed by atoms with E-state index in [4.69, 9.17) is 0 Å². The van der Waals surface area contributed by atoms with Gasteiger partial charge in [-0.25, -0.2) is 4.79 Å². The summed E-state index contributed by atoms with van der Waals surface area (Å²) in [5, 5.41) is 9.29. The number of hydrogen-bond donors (Lipinski definition) is 1. The molecule has 114 valence electrons. The Morgan fingerprint density at radius 3 is 2.27 bits per heavy atom. The summed E-state index contributed by atoms with van der Waals surface area (Å²) in [6.45, 7) is 1.76. The van der Waals surface area contributed by atoms with Gasteiger partial charge in [0.15, 0.2) is 0 Å². The number of halogens is 1. The SMILES string of the molecule is CC(C(=O)O)N(Cc1ccccc1)C(=O)c1ccccc1Br. The Labute approximate surface area is 137 Å². The van der Waals surface area contributed by atoms with Gasteiger partial charge in [0.2, 0.25) is 0 Å². The number of nitrogens with zero attached hydrogens (tertiary/aromatic N) is 1. The van der Waals surface area contributed by atoms with Gasteiger partial charge >= 0.3 is 5.97 Å². The molecule has 0 saturated heterocycles. The highest BCUT2D eigenvalue weighted by Gasteiger charge is 2.27. The second-order valence-electron chi connectivity index (χ2n) is 4.91. The number of hydrogen-bond acceptors (Lipinski definition) is 2. The van der Waals surface area contributed by atoms with Crippen LogP contribution in [0, 0.1) is 0 Å². The highest BCUT2D eigenvalue weighted by Crippen LogP contribution is 2.20. The van der Waals surface area contributed by atoms with Gasteiger partial charge in [0.25, 0.3) is 5.91 Å². The molecule has 22 heavy (non-hydrogen) atoms. The van der Waals surface area contributed by atoms with E-state index in [1.54, 1.807) is 18.2 Å². The average Bonchev–Trinajstić information content (AvgIpc) is 2.52. The molecule has 0 spiro atoms. The Morgan fingerprint density at radius 1 is 1.09 bits per heavy atom. The number of benzene rings is 2. The van der Waals surface area contributed by atoms with Crippen molar-refractivity contribution in [1.29, 1.82) is 0 Å². The first-order valence-electron chi connectivity index (χ1n) is 6.83. The summed E-state index contributed by atoms with van der Waals surface area (Å²) in [5.74, 6) is -1.34. The van der Waals surface area contributed by atoms with Crippen LogP contribution in [0.4, 0.5) is 0 Å². The fourth-order valence-corrected chi connectivity index (χ4v) is 2.54. The van der Waals surface area contributed by atoms with Crippen molar-refractivity contribution >= 4 is 27.8 Å². The van der Waals surface area contributed by atoms with Crippen LogP contribution in [-0.2, 0) is 11.3 Å². The number of carboxylic acid groups (broad SMARTS) is 1. The van der Waals surface area contributed by atoms with Gasteiger partial charge < -0.3 is 10.0 Å². The summed E-state index contributed by atoms with van der Waals surface area (Å²) >= 11 is 3.34. The van der Waals surface area contributed by atoms with E-state index < -0.39 is 12.0 Å². The van der Waals surface area contributed by atoms with Crippen LogP contribution in [0.25, 0.3) is 0 Å². The van der Waals surface area contributed by atoms with Crippen molar-refractivity contribution in [3.63, 3.8) is 0 Å². The van der Waals surface area contributed by atoms with E-state index in [0.29, 0.717) is 10.0 Å². The van der Waals surface area contributed by atoms with Gasteiger partial charge in [-0.05, 0) is 40.5 Å². The zero-order valence-corrected chi connectivity index (χ0v) is 13.7. The maximum absolute atomic E-state index is 12.7. The zero-order chi connectivity index (χ0) is 16.1. The van der Waals surface area contributed by atoms with Crippen molar-refractivity contribution in [3.05, 3.63) is 70.2 Å². The summed E-state index contributed by atoms with van der Waals surface area (Å²) in [6, 6.07) is 15.4. The molecule has 1 amide bonds. The molecule has 1 unspecified atom stereocenters. The van der Waals surface area contributed by atoms with Crippen molar-refractivity contribution in [2.45, 2.75) is 19.5 Å². The summed E-state index contributed by atoms with van der Waals surface area (Å²) in [6.07, 6.45) is 0. The highest BCUT2D eigenvalue weighted by molar-refractivity contribution is 9.10. The minimum atomic E-state index is -1.03. The largest absolute Gasteiger partial charge is 0.480 e. The van der Waals surface area contributed by atoms with E-state index in [-0.39, 0.29) is 12.5 Å². The summed E-state index contributed by atoms with van der Waals surface area (Å²) < 4.78 is 0.649. The summed E-state index contributed by atoms with van der Waals surface area (Å²) in [7, 11) is 0. The third kappa shape index (κ3) is 3.74. The molecule has 5 heteroatoms. The lowest BCUT2D eigenvalue weighted by Gasteiger charge is -2.27. The molecular formula is C17H16BrNO3. The first-order chi connectivity index (χ1) is 10.5. The topological polar surface area (TPSA) is 57.6 Å². The van der Waals surface area contributed by atoms with Crippen LogP contribution in [0.5, 0.6) is 0 Å². The quantitative estimate of drug-likeness (QED) is 0.885. The van der Waals surface area contributed by atoms with Gasteiger partial charge in [-0.15, -0.1) is 0 Å². The van der Waals surface area contributed by atoms with Crippen LogP contribution in [0.3, 0.4) is 0 Å². The maximum Gasteiger partial charge on any atom is 0.326 e. The summed E-state index contributed by atoms with van der Waals surface area (Å²) in [5.41, 5.74) is 1.34. The predicted molar refractivity (Wildman–Crippen MR) is 87.6 cm³/mol. The number of carbonyl (C=O) groups is 2. The molecule has 0 radical (unpaired) electrons. The molecule has 4 nitrogen and oxygen atoms in total. The second kappa shape index (κ2) is 7.22. The minimum absolute atomic E-state index is 0.245. The van der Waals surface area contributed by atoms with Crippen LogP contribution in [0.15, 0.2) is 59.1 Å². The molecule has 0 heterocycles. The van der Waals surface area contributed by atoms with Crippen molar-refractivity contribution < 1.29 is 14.7 Å². The van der Waals surface area contributed by atoms with E-state index in [2.05, 4.69) is 15.9 Å². The molecule has 0 saturated carbocycles. The van der Waals surface area contributed by atoms with Gasteiger partial charge in [0.1, 0.15) is 6.04 Å². The van der Waals surface area contributed by atoms with Gasteiger partial charge in [0, 0.05) is 11.0 Å². The first-order valence-corrected chi connectivity index (χ1v) is 7.62. The second-order valence-corrected chi connectivity index (χ2v) is 5.77. The highest BCUT2D eigenvalue weighted by atomic mass is 79.9. The lowest BCUT2D eigenvalue weighted by molar-refractivity contribution is -0.141. The first kappa shape index (κ1) is 16.2. The fourth-order valence-electron chi connectivity index (χ4n) is 2.09. The third-order valence-corrected chi connectivity index (χ3v) is 4.08. The molecule has 0 aromatic heterocycles. The number of rotatable bonds is 5. The molecule has 2 aromatic carbocycles. The van der Waals surface area contributed by atoms with Crippen molar-refractivity contribution in [3.8, 4) is 0 Å². The lowest BCUT2D eigenvalue weighted by atomic mass is 10.1. The van der Waals surface area contributed by atoms with Crippen LogP contribution in [-0.4, -0.2) is 27.9 Å². The molecule has 0 fully saturated rings. The predicted octanol–water partition coefficient (Wildman–Crippen LogP) is 3.56. The molecule has 0 aliphatic rings. The van der Waals surface area contributed by atoms with Gasteiger partial charge in [-0.3, -0.25) is 4.79 Å². The van der Waals surface area contributed by atoms with Crippen molar-refractivity contribution in [2.75, 3.05) is 0 Å². The average molecular weight is 362 g/mol. The van der Waals surface area contributed by atoms with Crippen LogP contribution >= 0.6 is 15.9 Å². The van der Waals surface area contributed by atoms with E-state index in [0.717, 1.165) is 5.56 Å². The Bertz CT molecular complexity index is 673. The normalized spacial score (nSPS) is 11.7. The van der Waals surface area contributed by atoms with E-state index in [1.807, 2.05) is 36.4 Å². The standard InChI is InChI=1S/C17H16BrNO3/c1-12(17(21)22)19(11-13-7-3-2-4-8-13)16(20)14-9-5-6-10-15(14)18/h2-10,12H,11H2,1H3,(H,21,22). The van der Waals surface area contributed by atoms with E-state index in [9.17, 15) is 14.7 Å². The smallest absolute Gasteiger partial charge is 0.326 e. The Hall–Kier alpha value is -2.14. The molecule has 2 rings (SSSR count). The summed E-state index contributed by atoms with van der Waals surface area (Å²) in [4.78, 5) is 25.5. The Balaban J connectivity index is 2.34. The molecule has 0 aliphatic heterocycles. The third-order valence-electron chi connectivity index (χ3n) is 3.39. The van der Waals surface area contributed by atoms with Gasteiger partial charge in [0.05, 0.1) is 5.56 Å². The monoisotopic (exact) mass is 361 g/mol. The van der Waals surface area contributed by atoms with Gasteiger partial charge in [-0.1, -0.05) is 42.5 Å².